The molecule has 8 heteroatoms. The first-order valence-electron chi connectivity index (χ1n) is 10.9. The van der Waals surface area contributed by atoms with Gasteiger partial charge in [-0.3, -0.25) is 4.79 Å². The maximum Gasteiger partial charge on any atom is 0.242 e. The van der Waals surface area contributed by atoms with Crippen LogP contribution < -0.4 is 20.3 Å². The number of carbonyl (C=O) groups excluding carboxylic acids is 1. The van der Waals surface area contributed by atoms with E-state index in [9.17, 15) is 9.90 Å². The van der Waals surface area contributed by atoms with E-state index in [0.29, 0.717) is 23.8 Å². The Hall–Kier alpha value is -3.49. The standard InChI is InChI=1S/C25H27N3O5/c1-14-6-8-18(29)17(11-14)22-21-23(27-26-22)25(30)28(13-16-5-4-10-33-16)24(21)15-7-9-19(31-2)20(12-15)32-3/h4-12,21-24,26-27,29H,13H2,1-3H3. The van der Waals surface area contributed by atoms with Crippen molar-refractivity contribution in [2.45, 2.75) is 31.6 Å². The Morgan fingerprint density at radius 1 is 1.03 bits per heavy atom. The van der Waals surface area contributed by atoms with Crippen LogP contribution in [0.1, 0.15) is 34.5 Å². The number of hydrazine groups is 1. The van der Waals surface area contributed by atoms with Crippen molar-refractivity contribution < 1.29 is 23.8 Å². The fourth-order valence-electron chi connectivity index (χ4n) is 5.07. The number of amides is 1. The first-order chi connectivity index (χ1) is 16.0. The number of ether oxygens (including phenoxy) is 2. The molecule has 2 aliphatic heterocycles. The number of phenolic OH excluding ortho intramolecular Hbond substituents is 1. The highest BCUT2D eigenvalue weighted by atomic mass is 16.5. The third kappa shape index (κ3) is 3.61. The van der Waals surface area contributed by atoms with Gasteiger partial charge in [-0.15, -0.1) is 0 Å². The van der Waals surface area contributed by atoms with Crippen LogP contribution in [0.25, 0.3) is 0 Å². The third-order valence-electron chi connectivity index (χ3n) is 6.59. The van der Waals surface area contributed by atoms with E-state index in [1.165, 1.54) is 0 Å². The van der Waals surface area contributed by atoms with Gasteiger partial charge in [-0.2, -0.15) is 0 Å². The van der Waals surface area contributed by atoms with Crippen LogP contribution in [0, 0.1) is 12.8 Å². The molecule has 4 unspecified atom stereocenters. The van der Waals surface area contributed by atoms with E-state index in [4.69, 9.17) is 13.9 Å². The number of hydrogen-bond donors (Lipinski definition) is 3. The van der Waals surface area contributed by atoms with Crippen LogP contribution in [-0.2, 0) is 11.3 Å². The minimum atomic E-state index is -0.456. The van der Waals surface area contributed by atoms with Gasteiger partial charge in [0.25, 0.3) is 0 Å². The Labute approximate surface area is 192 Å². The van der Waals surface area contributed by atoms with Crippen LogP contribution in [0.15, 0.2) is 59.2 Å². The second-order valence-corrected chi connectivity index (χ2v) is 8.49. The summed E-state index contributed by atoms with van der Waals surface area (Å²) < 4.78 is 16.5. The minimum absolute atomic E-state index is 0.0293. The first kappa shape index (κ1) is 21.4. The number of phenols is 1. The summed E-state index contributed by atoms with van der Waals surface area (Å²) in [6.07, 6.45) is 1.61. The molecule has 0 saturated carbocycles. The predicted octanol–water partition coefficient (Wildman–Crippen LogP) is 3.23. The van der Waals surface area contributed by atoms with Gasteiger partial charge in [-0.1, -0.05) is 23.8 Å². The smallest absolute Gasteiger partial charge is 0.242 e. The number of likely N-dealkylation sites (tertiary alicyclic amines) is 1. The SMILES string of the molecule is COc1ccc(C2C3C(NNC3c3cc(C)ccc3O)C(=O)N2Cc2ccco2)cc1OC. The molecule has 2 aromatic carbocycles. The summed E-state index contributed by atoms with van der Waals surface area (Å²) in [6, 6.07) is 13.9. The topological polar surface area (TPSA) is 96.2 Å². The zero-order chi connectivity index (χ0) is 23.1. The van der Waals surface area contributed by atoms with E-state index in [2.05, 4.69) is 10.9 Å². The highest BCUT2D eigenvalue weighted by Gasteiger charge is 2.56. The van der Waals surface area contributed by atoms with Gasteiger partial charge in [0.2, 0.25) is 5.91 Å². The lowest BCUT2D eigenvalue weighted by Gasteiger charge is -2.31. The molecule has 2 saturated heterocycles. The molecule has 3 N–H and O–H groups in total. The Balaban J connectivity index is 1.61. The van der Waals surface area contributed by atoms with Crippen molar-refractivity contribution in [1.82, 2.24) is 15.8 Å². The number of rotatable bonds is 6. The van der Waals surface area contributed by atoms with Gasteiger partial charge in [-0.25, -0.2) is 10.9 Å². The van der Waals surface area contributed by atoms with Crippen molar-refractivity contribution in [1.29, 1.82) is 0 Å². The van der Waals surface area contributed by atoms with Crippen LogP contribution >= 0.6 is 0 Å². The minimum Gasteiger partial charge on any atom is -0.508 e. The Morgan fingerprint density at radius 3 is 2.55 bits per heavy atom. The van der Waals surface area contributed by atoms with Gasteiger partial charge in [0, 0.05) is 11.5 Å². The van der Waals surface area contributed by atoms with E-state index < -0.39 is 6.04 Å². The lowest BCUT2D eigenvalue weighted by atomic mass is 9.82. The molecule has 2 aliphatic rings. The third-order valence-corrected chi connectivity index (χ3v) is 6.59. The fourth-order valence-corrected chi connectivity index (χ4v) is 5.07. The molecular weight excluding hydrogens is 422 g/mol. The summed E-state index contributed by atoms with van der Waals surface area (Å²) in [6.45, 7) is 2.32. The number of carbonyl (C=O) groups is 1. The van der Waals surface area contributed by atoms with Gasteiger partial charge < -0.3 is 23.9 Å². The molecule has 0 bridgehead atoms. The summed E-state index contributed by atoms with van der Waals surface area (Å²) in [7, 11) is 3.19. The molecule has 4 atom stereocenters. The highest BCUT2D eigenvalue weighted by Crippen LogP contribution is 2.50. The molecule has 1 amide bonds. The van der Waals surface area contributed by atoms with Gasteiger partial charge in [0.1, 0.15) is 17.6 Å². The number of aromatic hydroxyl groups is 1. The zero-order valence-electron chi connectivity index (χ0n) is 18.7. The van der Waals surface area contributed by atoms with E-state index in [-0.39, 0.29) is 29.7 Å². The van der Waals surface area contributed by atoms with Crippen LogP contribution in [0.4, 0.5) is 0 Å². The number of fused-ring (bicyclic) bond motifs is 1. The summed E-state index contributed by atoms with van der Waals surface area (Å²) >= 11 is 0. The zero-order valence-corrected chi connectivity index (χ0v) is 18.7. The molecule has 2 fully saturated rings. The summed E-state index contributed by atoms with van der Waals surface area (Å²) in [5.41, 5.74) is 9.16. The van der Waals surface area contributed by atoms with Crippen molar-refractivity contribution in [2.75, 3.05) is 14.2 Å². The largest absolute Gasteiger partial charge is 0.508 e. The van der Waals surface area contributed by atoms with Crippen molar-refractivity contribution >= 4 is 5.91 Å². The van der Waals surface area contributed by atoms with Gasteiger partial charge in [0.05, 0.1) is 39.1 Å². The van der Waals surface area contributed by atoms with Crippen LogP contribution in [0.3, 0.4) is 0 Å². The second kappa shape index (κ2) is 8.46. The molecule has 33 heavy (non-hydrogen) atoms. The maximum absolute atomic E-state index is 13.6. The number of methoxy groups -OCH3 is 2. The molecule has 3 heterocycles. The number of benzene rings is 2. The average molecular weight is 450 g/mol. The van der Waals surface area contributed by atoms with Gasteiger partial charge >= 0.3 is 0 Å². The molecule has 1 aromatic heterocycles. The number of aryl methyl sites for hydroxylation is 1. The van der Waals surface area contributed by atoms with Crippen LogP contribution in [0.5, 0.6) is 17.2 Å². The second-order valence-electron chi connectivity index (χ2n) is 8.49. The van der Waals surface area contributed by atoms with Crippen molar-refractivity contribution in [2.24, 2.45) is 5.92 Å². The molecule has 0 spiro atoms. The highest BCUT2D eigenvalue weighted by molar-refractivity contribution is 5.86. The fraction of sp³-hybridized carbons (Fsp3) is 0.320. The van der Waals surface area contributed by atoms with Gasteiger partial charge in [-0.05, 0) is 42.8 Å². The molecule has 8 nitrogen and oxygen atoms in total. The van der Waals surface area contributed by atoms with Gasteiger partial charge in [0.15, 0.2) is 11.5 Å². The Morgan fingerprint density at radius 2 is 1.82 bits per heavy atom. The first-order valence-corrected chi connectivity index (χ1v) is 10.9. The molecule has 5 rings (SSSR count). The Bertz CT molecular complexity index is 1160. The van der Waals surface area contributed by atoms with E-state index >= 15 is 0 Å². The Kier molecular flexibility index (Phi) is 5.47. The van der Waals surface area contributed by atoms with Crippen molar-refractivity contribution in [3.05, 3.63) is 77.2 Å². The average Bonchev–Trinajstić information content (AvgIpc) is 3.55. The molecule has 0 aliphatic carbocycles. The van der Waals surface area contributed by atoms with Crippen LogP contribution in [-0.4, -0.2) is 36.2 Å². The van der Waals surface area contributed by atoms with E-state index in [1.807, 2.05) is 54.3 Å². The number of hydrogen-bond acceptors (Lipinski definition) is 7. The molecule has 3 aromatic rings. The normalized spacial score (nSPS) is 24.2. The maximum atomic E-state index is 13.6. The van der Waals surface area contributed by atoms with Crippen molar-refractivity contribution in [3.8, 4) is 17.2 Å². The summed E-state index contributed by atoms with van der Waals surface area (Å²) in [5.74, 6) is 1.91. The molecule has 172 valence electrons. The molecular formula is C25H27N3O5. The van der Waals surface area contributed by atoms with Crippen molar-refractivity contribution in [3.63, 3.8) is 0 Å². The summed E-state index contributed by atoms with van der Waals surface area (Å²) in [4.78, 5) is 15.4. The summed E-state index contributed by atoms with van der Waals surface area (Å²) in [5, 5.41) is 10.6. The number of nitrogens with zero attached hydrogens (tertiary/aromatic N) is 1. The molecule has 0 radical (unpaired) electrons. The lowest BCUT2D eigenvalue weighted by molar-refractivity contribution is -0.131. The quantitative estimate of drug-likeness (QED) is 0.532. The van der Waals surface area contributed by atoms with E-state index in [0.717, 1.165) is 16.7 Å². The number of furan rings is 1. The van der Waals surface area contributed by atoms with E-state index in [1.54, 1.807) is 26.5 Å². The lowest BCUT2D eigenvalue weighted by Crippen LogP contribution is -2.41. The number of nitrogens with one attached hydrogen (secondary N) is 2. The monoisotopic (exact) mass is 449 g/mol. The van der Waals surface area contributed by atoms with Crippen LogP contribution in [0.2, 0.25) is 0 Å². The predicted molar refractivity (Wildman–Crippen MR) is 121 cm³/mol.